The molecule has 0 radical (unpaired) electrons. The zero-order chi connectivity index (χ0) is 13.8. The fourth-order valence-electron chi connectivity index (χ4n) is 2.17. The summed E-state index contributed by atoms with van der Waals surface area (Å²) < 4.78 is 7.00. The molecule has 0 unspecified atom stereocenters. The van der Waals surface area contributed by atoms with Gasteiger partial charge in [0.1, 0.15) is 12.5 Å². The molecule has 19 heavy (non-hydrogen) atoms. The highest BCUT2D eigenvalue weighted by Gasteiger charge is 2.09. The number of nitrogens with one attached hydrogen (secondary N) is 1. The van der Waals surface area contributed by atoms with E-state index in [1.807, 2.05) is 24.4 Å². The number of hydrogen-bond acceptors (Lipinski definition) is 3. The lowest BCUT2D eigenvalue weighted by molar-refractivity contribution is -0.118. The van der Waals surface area contributed by atoms with Crippen molar-refractivity contribution < 1.29 is 14.6 Å². The highest BCUT2D eigenvalue weighted by Crippen LogP contribution is 2.26. The molecule has 2 aromatic rings. The molecule has 0 bridgehead atoms. The molecule has 5 nitrogen and oxygen atoms in total. The van der Waals surface area contributed by atoms with Gasteiger partial charge in [-0.05, 0) is 30.2 Å². The third-order valence-electron chi connectivity index (χ3n) is 3.09. The van der Waals surface area contributed by atoms with E-state index in [1.54, 1.807) is 11.7 Å². The van der Waals surface area contributed by atoms with Crippen LogP contribution in [0.25, 0.3) is 10.9 Å². The van der Waals surface area contributed by atoms with Crippen molar-refractivity contribution in [1.29, 1.82) is 0 Å². The molecule has 1 amide bonds. The number of methoxy groups -OCH3 is 1. The largest absolute Gasteiger partial charge is 0.497 e. The van der Waals surface area contributed by atoms with Gasteiger partial charge in [0, 0.05) is 25.1 Å². The monoisotopic (exact) mass is 262 g/mol. The minimum absolute atomic E-state index is 0.0384. The number of benzene rings is 1. The van der Waals surface area contributed by atoms with Crippen molar-refractivity contribution in [2.75, 3.05) is 13.7 Å². The molecule has 0 aliphatic carbocycles. The Balaban J connectivity index is 2.33. The summed E-state index contributed by atoms with van der Waals surface area (Å²) in [6.07, 6.45) is 2.63. The molecule has 0 aliphatic rings. The molecular formula is C14H18N2O3. The summed E-state index contributed by atoms with van der Waals surface area (Å²) in [5, 5.41) is 13.2. The van der Waals surface area contributed by atoms with Crippen molar-refractivity contribution in [3.63, 3.8) is 0 Å². The molecule has 2 rings (SSSR count). The second-order valence-corrected chi connectivity index (χ2v) is 4.38. The van der Waals surface area contributed by atoms with Gasteiger partial charge in [0.25, 0.3) is 0 Å². The highest BCUT2D eigenvalue weighted by molar-refractivity contribution is 5.85. The van der Waals surface area contributed by atoms with Gasteiger partial charge in [0.05, 0.1) is 12.6 Å². The molecule has 5 heteroatoms. The van der Waals surface area contributed by atoms with Crippen LogP contribution in [-0.2, 0) is 17.9 Å². The van der Waals surface area contributed by atoms with Crippen LogP contribution >= 0.6 is 0 Å². The predicted octanol–water partition coefficient (Wildman–Crippen LogP) is 1.28. The SMILES string of the molecule is COc1ccc2c(c1)c(CCNC(C)=O)cn2CO. The Morgan fingerprint density at radius 2 is 2.26 bits per heavy atom. The van der Waals surface area contributed by atoms with Crippen LogP contribution < -0.4 is 10.1 Å². The van der Waals surface area contributed by atoms with Gasteiger partial charge in [0.2, 0.25) is 5.91 Å². The summed E-state index contributed by atoms with van der Waals surface area (Å²) in [4.78, 5) is 10.9. The number of aliphatic hydroxyl groups excluding tert-OH is 1. The van der Waals surface area contributed by atoms with Gasteiger partial charge < -0.3 is 19.7 Å². The number of hydrogen-bond donors (Lipinski definition) is 2. The second-order valence-electron chi connectivity index (χ2n) is 4.38. The predicted molar refractivity (Wildman–Crippen MR) is 73.1 cm³/mol. The maximum Gasteiger partial charge on any atom is 0.216 e. The number of fused-ring (bicyclic) bond motifs is 1. The fraction of sp³-hybridized carbons (Fsp3) is 0.357. The highest BCUT2D eigenvalue weighted by atomic mass is 16.5. The average molecular weight is 262 g/mol. The number of nitrogens with zero attached hydrogens (tertiary/aromatic N) is 1. The van der Waals surface area contributed by atoms with Crippen molar-refractivity contribution in [2.24, 2.45) is 0 Å². The van der Waals surface area contributed by atoms with Crippen LogP contribution in [-0.4, -0.2) is 29.2 Å². The molecule has 0 saturated heterocycles. The van der Waals surface area contributed by atoms with Gasteiger partial charge in [-0.2, -0.15) is 0 Å². The summed E-state index contributed by atoms with van der Waals surface area (Å²) in [5.74, 6) is 0.743. The maximum atomic E-state index is 10.9. The first kappa shape index (κ1) is 13.4. The van der Waals surface area contributed by atoms with Crippen molar-refractivity contribution in [3.05, 3.63) is 30.0 Å². The number of rotatable bonds is 5. The normalized spacial score (nSPS) is 10.7. The minimum atomic E-state index is -0.0665. The van der Waals surface area contributed by atoms with E-state index < -0.39 is 0 Å². The summed E-state index contributed by atoms with van der Waals surface area (Å²) >= 11 is 0. The molecular weight excluding hydrogens is 244 g/mol. The molecule has 1 heterocycles. The molecule has 0 atom stereocenters. The van der Waals surface area contributed by atoms with Gasteiger partial charge in [-0.15, -0.1) is 0 Å². The number of ether oxygens (including phenoxy) is 1. The number of amides is 1. The van der Waals surface area contributed by atoms with Crippen molar-refractivity contribution in [2.45, 2.75) is 20.1 Å². The number of carbonyl (C=O) groups excluding carboxylic acids is 1. The van der Waals surface area contributed by atoms with Crippen LogP contribution in [0.5, 0.6) is 5.75 Å². The quantitative estimate of drug-likeness (QED) is 0.853. The van der Waals surface area contributed by atoms with E-state index in [9.17, 15) is 9.90 Å². The van der Waals surface area contributed by atoms with Crippen LogP contribution in [0, 0.1) is 0 Å². The van der Waals surface area contributed by atoms with Crippen LogP contribution in [0.4, 0.5) is 0 Å². The van der Waals surface area contributed by atoms with Gasteiger partial charge >= 0.3 is 0 Å². The molecule has 2 N–H and O–H groups in total. The van der Waals surface area contributed by atoms with E-state index in [4.69, 9.17) is 4.74 Å². The smallest absolute Gasteiger partial charge is 0.216 e. The van der Waals surface area contributed by atoms with Gasteiger partial charge in [-0.1, -0.05) is 0 Å². The van der Waals surface area contributed by atoms with Crippen LogP contribution in [0.15, 0.2) is 24.4 Å². The Labute approximate surface area is 111 Å². The molecule has 0 saturated carbocycles. The molecule has 102 valence electrons. The Hall–Kier alpha value is -2.01. The van der Waals surface area contributed by atoms with E-state index >= 15 is 0 Å². The zero-order valence-electron chi connectivity index (χ0n) is 11.1. The van der Waals surface area contributed by atoms with Crippen LogP contribution in [0.3, 0.4) is 0 Å². The van der Waals surface area contributed by atoms with Gasteiger partial charge in [0.15, 0.2) is 0 Å². The molecule has 0 spiro atoms. The number of carbonyl (C=O) groups is 1. The first-order valence-electron chi connectivity index (χ1n) is 6.16. The topological polar surface area (TPSA) is 63.5 Å². The summed E-state index contributed by atoms with van der Waals surface area (Å²) in [6.45, 7) is 2.01. The van der Waals surface area contributed by atoms with E-state index in [0.29, 0.717) is 6.54 Å². The Morgan fingerprint density at radius 1 is 1.47 bits per heavy atom. The molecule has 0 fully saturated rings. The van der Waals surface area contributed by atoms with E-state index in [-0.39, 0.29) is 12.6 Å². The summed E-state index contributed by atoms with van der Waals surface area (Å²) in [5.41, 5.74) is 2.04. The number of aromatic nitrogens is 1. The van der Waals surface area contributed by atoms with Crippen molar-refractivity contribution >= 4 is 16.8 Å². The zero-order valence-corrected chi connectivity index (χ0v) is 11.1. The fourth-order valence-corrected chi connectivity index (χ4v) is 2.17. The number of aliphatic hydroxyl groups is 1. The Bertz CT molecular complexity index is 590. The van der Waals surface area contributed by atoms with Gasteiger partial charge in [-0.25, -0.2) is 0 Å². The standard InChI is InChI=1S/C14H18N2O3/c1-10(18)15-6-5-11-8-16(9-17)14-4-3-12(19-2)7-13(11)14/h3-4,7-8,17H,5-6,9H2,1-2H3,(H,15,18). The Morgan fingerprint density at radius 3 is 2.89 bits per heavy atom. The third-order valence-corrected chi connectivity index (χ3v) is 3.09. The van der Waals surface area contributed by atoms with E-state index in [0.717, 1.165) is 28.6 Å². The van der Waals surface area contributed by atoms with E-state index in [1.165, 1.54) is 6.92 Å². The minimum Gasteiger partial charge on any atom is -0.497 e. The maximum absolute atomic E-state index is 10.9. The first-order chi connectivity index (χ1) is 9.15. The first-order valence-corrected chi connectivity index (χ1v) is 6.16. The molecule has 1 aromatic carbocycles. The van der Waals surface area contributed by atoms with Crippen LogP contribution in [0.1, 0.15) is 12.5 Å². The molecule has 1 aromatic heterocycles. The summed E-state index contributed by atoms with van der Waals surface area (Å²) in [7, 11) is 1.63. The lowest BCUT2D eigenvalue weighted by atomic mass is 10.1. The Kier molecular flexibility index (Phi) is 4.06. The average Bonchev–Trinajstić information content (AvgIpc) is 2.76. The van der Waals surface area contributed by atoms with Crippen molar-refractivity contribution in [1.82, 2.24) is 9.88 Å². The summed E-state index contributed by atoms with van der Waals surface area (Å²) in [6, 6.07) is 5.74. The lowest BCUT2D eigenvalue weighted by Crippen LogP contribution is -2.22. The lowest BCUT2D eigenvalue weighted by Gasteiger charge is -2.03. The van der Waals surface area contributed by atoms with Crippen LogP contribution in [0.2, 0.25) is 0 Å². The van der Waals surface area contributed by atoms with Gasteiger partial charge in [-0.3, -0.25) is 4.79 Å². The third kappa shape index (κ3) is 2.88. The molecule has 0 aliphatic heterocycles. The second kappa shape index (κ2) is 5.75. The van der Waals surface area contributed by atoms with E-state index in [2.05, 4.69) is 5.32 Å². The van der Waals surface area contributed by atoms with Crippen molar-refractivity contribution in [3.8, 4) is 5.75 Å².